The highest BCUT2D eigenvalue weighted by molar-refractivity contribution is 5.79. The van der Waals surface area contributed by atoms with E-state index in [1.807, 2.05) is 25.1 Å². The van der Waals surface area contributed by atoms with Crippen LogP contribution in [0.3, 0.4) is 0 Å². The number of carbonyl (C=O) groups excluding carboxylic acids is 1. The fraction of sp³-hybridized carbons (Fsp3) is 0.533. The summed E-state index contributed by atoms with van der Waals surface area (Å²) in [6, 6.07) is 5.49. The van der Waals surface area contributed by atoms with Gasteiger partial charge in [0.05, 0.1) is 17.7 Å². The Hall–Kier alpha value is -1.91. The third kappa shape index (κ3) is 3.56. The maximum Gasteiger partial charge on any atom is 0.306 e. The van der Waals surface area contributed by atoms with Gasteiger partial charge in [-0.15, -0.1) is 0 Å². The lowest BCUT2D eigenvalue weighted by molar-refractivity contribution is -0.144. The van der Waals surface area contributed by atoms with Crippen molar-refractivity contribution in [1.29, 1.82) is 0 Å². The van der Waals surface area contributed by atoms with Crippen molar-refractivity contribution in [3.8, 4) is 0 Å². The molecule has 1 heterocycles. The summed E-state index contributed by atoms with van der Waals surface area (Å²) in [5.41, 5.74) is 0.833. The molecule has 1 amide bonds. The fourth-order valence-corrected chi connectivity index (χ4v) is 2.64. The number of aliphatic carboxylic acids is 1. The van der Waals surface area contributed by atoms with Gasteiger partial charge in [-0.3, -0.25) is 14.6 Å². The quantitative estimate of drug-likeness (QED) is 0.883. The molecule has 5 heteroatoms. The van der Waals surface area contributed by atoms with Gasteiger partial charge >= 0.3 is 5.97 Å². The average molecular weight is 276 g/mol. The lowest BCUT2D eigenvalue weighted by Gasteiger charge is -2.26. The molecule has 0 aliphatic heterocycles. The van der Waals surface area contributed by atoms with Crippen molar-refractivity contribution in [2.24, 2.45) is 11.8 Å². The first-order chi connectivity index (χ1) is 9.58. The molecule has 1 unspecified atom stereocenters. The van der Waals surface area contributed by atoms with Crippen molar-refractivity contribution in [2.45, 2.75) is 38.6 Å². The van der Waals surface area contributed by atoms with E-state index < -0.39 is 5.97 Å². The molecule has 2 rings (SSSR count). The summed E-state index contributed by atoms with van der Waals surface area (Å²) in [4.78, 5) is 27.3. The number of aromatic nitrogens is 1. The summed E-state index contributed by atoms with van der Waals surface area (Å²) in [7, 11) is 0. The van der Waals surface area contributed by atoms with Crippen LogP contribution in [0.25, 0.3) is 0 Å². The molecule has 1 aliphatic rings. The smallest absolute Gasteiger partial charge is 0.306 e. The van der Waals surface area contributed by atoms with Crippen molar-refractivity contribution in [3.05, 3.63) is 30.1 Å². The molecule has 0 bridgehead atoms. The van der Waals surface area contributed by atoms with E-state index in [1.165, 1.54) is 0 Å². The summed E-state index contributed by atoms with van der Waals surface area (Å²) < 4.78 is 0. The molecule has 1 saturated carbocycles. The Bertz CT molecular complexity index is 467. The molecular weight excluding hydrogens is 256 g/mol. The summed E-state index contributed by atoms with van der Waals surface area (Å²) in [5, 5.41) is 11.9. The predicted octanol–water partition coefficient (Wildman–Crippen LogP) is 2.15. The van der Waals surface area contributed by atoms with Crippen LogP contribution in [0.5, 0.6) is 0 Å². The van der Waals surface area contributed by atoms with Gasteiger partial charge in [0, 0.05) is 12.1 Å². The number of hydrogen-bond donors (Lipinski definition) is 2. The van der Waals surface area contributed by atoms with E-state index in [0.717, 1.165) is 5.69 Å². The van der Waals surface area contributed by atoms with Gasteiger partial charge in [-0.25, -0.2) is 0 Å². The second-order valence-corrected chi connectivity index (χ2v) is 5.37. The first-order valence-electron chi connectivity index (χ1n) is 7.02. The molecule has 0 radical (unpaired) electrons. The van der Waals surface area contributed by atoms with Gasteiger partial charge in [0.15, 0.2) is 0 Å². The molecule has 108 valence electrons. The third-order valence-electron chi connectivity index (χ3n) is 3.94. The molecule has 1 aromatic rings. The van der Waals surface area contributed by atoms with Crippen LogP contribution in [0.15, 0.2) is 24.4 Å². The third-order valence-corrected chi connectivity index (χ3v) is 3.94. The van der Waals surface area contributed by atoms with E-state index in [-0.39, 0.29) is 23.8 Å². The zero-order valence-electron chi connectivity index (χ0n) is 11.6. The monoisotopic (exact) mass is 276 g/mol. The number of pyridine rings is 1. The highest BCUT2D eigenvalue weighted by Crippen LogP contribution is 2.29. The van der Waals surface area contributed by atoms with Crippen LogP contribution in [0.4, 0.5) is 0 Å². The Morgan fingerprint density at radius 3 is 2.45 bits per heavy atom. The van der Waals surface area contributed by atoms with Gasteiger partial charge in [0.2, 0.25) is 5.91 Å². The fourth-order valence-electron chi connectivity index (χ4n) is 2.64. The molecule has 0 spiro atoms. The maximum absolute atomic E-state index is 12.2. The van der Waals surface area contributed by atoms with Crippen LogP contribution in [0.1, 0.15) is 44.3 Å². The summed E-state index contributed by atoms with van der Waals surface area (Å²) in [5.74, 6) is -1.10. The highest BCUT2D eigenvalue weighted by Gasteiger charge is 2.30. The normalized spacial score (nSPS) is 23.9. The van der Waals surface area contributed by atoms with Crippen LogP contribution in [0.2, 0.25) is 0 Å². The van der Waals surface area contributed by atoms with E-state index in [2.05, 4.69) is 10.3 Å². The van der Waals surface area contributed by atoms with E-state index in [9.17, 15) is 9.59 Å². The summed E-state index contributed by atoms with van der Waals surface area (Å²) in [6.45, 7) is 1.91. The van der Waals surface area contributed by atoms with E-state index in [0.29, 0.717) is 25.7 Å². The van der Waals surface area contributed by atoms with Crippen molar-refractivity contribution < 1.29 is 14.7 Å². The predicted molar refractivity (Wildman–Crippen MR) is 73.9 cm³/mol. The molecule has 5 nitrogen and oxygen atoms in total. The first kappa shape index (κ1) is 14.5. The first-order valence-corrected chi connectivity index (χ1v) is 7.02. The molecule has 20 heavy (non-hydrogen) atoms. The number of amides is 1. The Morgan fingerprint density at radius 1 is 1.25 bits per heavy atom. The van der Waals surface area contributed by atoms with Gasteiger partial charge < -0.3 is 10.4 Å². The minimum Gasteiger partial charge on any atom is -0.481 e. The number of nitrogens with one attached hydrogen (secondary N) is 1. The van der Waals surface area contributed by atoms with Gasteiger partial charge in [-0.2, -0.15) is 0 Å². The minimum atomic E-state index is -0.745. The number of carbonyl (C=O) groups is 2. The second-order valence-electron chi connectivity index (χ2n) is 5.37. The van der Waals surface area contributed by atoms with Crippen molar-refractivity contribution in [2.75, 3.05) is 0 Å². The van der Waals surface area contributed by atoms with Crippen LogP contribution in [-0.4, -0.2) is 22.0 Å². The van der Waals surface area contributed by atoms with Crippen LogP contribution < -0.4 is 5.32 Å². The van der Waals surface area contributed by atoms with Crippen molar-refractivity contribution in [3.63, 3.8) is 0 Å². The van der Waals surface area contributed by atoms with Crippen molar-refractivity contribution in [1.82, 2.24) is 10.3 Å². The zero-order chi connectivity index (χ0) is 14.5. The van der Waals surface area contributed by atoms with Gasteiger partial charge in [-0.1, -0.05) is 6.07 Å². The standard InChI is InChI=1S/C15H20N2O3/c1-10(13-4-2-3-9-16-13)17-14(18)11-5-7-12(8-6-11)15(19)20/h2-4,9-12H,5-8H2,1H3,(H,17,18)(H,19,20). The molecule has 1 aliphatic carbocycles. The molecule has 0 saturated heterocycles. The van der Waals surface area contributed by atoms with E-state index in [4.69, 9.17) is 5.11 Å². The molecule has 1 atom stereocenters. The molecule has 1 aromatic heterocycles. The molecule has 0 aromatic carbocycles. The van der Waals surface area contributed by atoms with E-state index in [1.54, 1.807) is 6.20 Å². The molecule has 2 N–H and O–H groups in total. The van der Waals surface area contributed by atoms with Gasteiger partial charge in [0.25, 0.3) is 0 Å². The van der Waals surface area contributed by atoms with E-state index >= 15 is 0 Å². The lowest BCUT2D eigenvalue weighted by atomic mass is 9.81. The average Bonchev–Trinajstić information content (AvgIpc) is 2.48. The van der Waals surface area contributed by atoms with Crippen LogP contribution in [-0.2, 0) is 9.59 Å². The Labute approximate surface area is 118 Å². The second kappa shape index (κ2) is 6.50. The topological polar surface area (TPSA) is 79.3 Å². The lowest BCUT2D eigenvalue weighted by Crippen LogP contribution is -2.36. The largest absolute Gasteiger partial charge is 0.481 e. The highest BCUT2D eigenvalue weighted by atomic mass is 16.4. The number of nitrogens with zero attached hydrogens (tertiary/aromatic N) is 1. The Balaban J connectivity index is 1.85. The minimum absolute atomic E-state index is 0.00647. The van der Waals surface area contributed by atoms with Gasteiger partial charge in [-0.05, 0) is 44.7 Å². The summed E-state index contributed by atoms with van der Waals surface area (Å²) in [6.07, 6.45) is 4.18. The van der Waals surface area contributed by atoms with Gasteiger partial charge in [0.1, 0.15) is 0 Å². The molecule has 1 fully saturated rings. The zero-order valence-corrected chi connectivity index (χ0v) is 11.6. The summed E-state index contributed by atoms with van der Waals surface area (Å²) >= 11 is 0. The number of carboxylic acid groups (broad SMARTS) is 1. The van der Waals surface area contributed by atoms with Crippen LogP contribution >= 0.6 is 0 Å². The number of carboxylic acids is 1. The number of rotatable bonds is 4. The van der Waals surface area contributed by atoms with Crippen molar-refractivity contribution >= 4 is 11.9 Å². The van der Waals surface area contributed by atoms with Crippen LogP contribution in [0, 0.1) is 11.8 Å². The SMILES string of the molecule is CC(NC(=O)C1CCC(C(=O)O)CC1)c1ccccn1. The Kier molecular flexibility index (Phi) is 4.71. The molecular formula is C15H20N2O3. The Morgan fingerprint density at radius 2 is 1.90 bits per heavy atom. The maximum atomic E-state index is 12.2. The number of hydrogen-bond acceptors (Lipinski definition) is 3.